The molecule has 1 aliphatic rings. The molecule has 2 rings (SSSR count). The van der Waals surface area contributed by atoms with E-state index in [1.54, 1.807) is 6.20 Å². The van der Waals surface area contributed by atoms with Gasteiger partial charge in [0.25, 0.3) is 6.43 Å². The number of aromatic nitrogens is 1. The molecule has 1 aliphatic heterocycles. The number of nitrogens with zero attached hydrogens (tertiary/aromatic N) is 2. The molecule has 1 saturated heterocycles. The summed E-state index contributed by atoms with van der Waals surface area (Å²) < 4.78 is 25.1. The summed E-state index contributed by atoms with van der Waals surface area (Å²) in [6.45, 7) is 1.36. The molecular formula is C11H14BrF2N3. The van der Waals surface area contributed by atoms with Gasteiger partial charge in [-0.15, -0.1) is 0 Å². The Balaban J connectivity index is 1.87. The first-order chi connectivity index (χ1) is 8.15. The van der Waals surface area contributed by atoms with Crippen LogP contribution in [0.4, 0.5) is 14.6 Å². The van der Waals surface area contributed by atoms with Crippen LogP contribution in [0.5, 0.6) is 0 Å². The predicted molar refractivity (Wildman–Crippen MR) is 66.6 cm³/mol. The Labute approximate surface area is 107 Å². The van der Waals surface area contributed by atoms with E-state index in [0.717, 1.165) is 29.8 Å². The van der Waals surface area contributed by atoms with E-state index < -0.39 is 6.43 Å². The van der Waals surface area contributed by atoms with Crippen LogP contribution >= 0.6 is 15.9 Å². The summed E-state index contributed by atoms with van der Waals surface area (Å²) in [5.74, 6) is 0.898. The smallest absolute Gasteiger partial charge is 0.250 e. The quantitative estimate of drug-likeness (QED) is 0.925. The number of hydrogen-bond acceptors (Lipinski definition) is 3. The molecule has 6 heteroatoms. The van der Waals surface area contributed by atoms with Gasteiger partial charge in [0.2, 0.25) is 0 Å². The van der Waals surface area contributed by atoms with E-state index in [-0.39, 0.29) is 12.6 Å². The molecule has 0 aliphatic carbocycles. The molecule has 1 aromatic rings. The minimum Gasteiger partial charge on any atom is -0.355 e. The minimum absolute atomic E-state index is 0.134. The molecule has 94 valence electrons. The lowest BCUT2D eigenvalue weighted by Crippen LogP contribution is -2.35. The third kappa shape index (κ3) is 3.61. The fourth-order valence-electron chi connectivity index (χ4n) is 1.95. The summed E-state index contributed by atoms with van der Waals surface area (Å²) in [5, 5.41) is 2.86. The molecule has 0 radical (unpaired) electrons. The van der Waals surface area contributed by atoms with Crippen molar-refractivity contribution in [2.45, 2.75) is 18.9 Å². The SMILES string of the molecule is FC(F)CN[C@H]1CCN(c2ccc(Br)cn2)C1. The van der Waals surface area contributed by atoms with Crippen LogP contribution < -0.4 is 10.2 Å². The molecule has 1 aromatic heterocycles. The summed E-state index contributed by atoms with van der Waals surface area (Å²) in [6.07, 6.45) is 0.342. The topological polar surface area (TPSA) is 28.2 Å². The standard InChI is InChI=1S/C11H14BrF2N3/c12-8-1-2-11(16-5-8)17-4-3-9(7-17)15-6-10(13)14/h1-2,5,9-10,15H,3-4,6-7H2/t9-/m0/s1. The Morgan fingerprint density at radius 2 is 2.35 bits per heavy atom. The van der Waals surface area contributed by atoms with Crippen LogP contribution in [0.25, 0.3) is 0 Å². The molecule has 3 nitrogen and oxygen atoms in total. The third-order valence-electron chi connectivity index (χ3n) is 2.78. The summed E-state index contributed by atoms with van der Waals surface area (Å²) in [5.41, 5.74) is 0. The lowest BCUT2D eigenvalue weighted by Gasteiger charge is -2.17. The number of alkyl halides is 2. The van der Waals surface area contributed by atoms with E-state index in [0.29, 0.717) is 0 Å². The zero-order chi connectivity index (χ0) is 12.3. The van der Waals surface area contributed by atoms with E-state index in [2.05, 4.69) is 31.1 Å². The molecule has 0 bridgehead atoms. The highest BCUT2D eigenvalue weighted by Crippen LogP contribution is 2.19. The molecule has 2 heterocycles. The average molecular weight is 306 g/mol. The summed E-state index contributed by atoms with van der Waals surface area (Å²) in [7, 11) is 0. The van der Waals surface area contributed by atoms with Crippen molar-refractivity contribution in [1.82, 2.24) is 10.3 Å². The van der Waals surface area contributed by atoms with Crippen molar-refractivity contribution in [3.63, 3.8) is 0 Å². The maximum absolute atomic E-state index is 12.1. The highest BCUT2D eigenvalue weighted by Gasteiger charge is 2.23. The van der Waals surface area contributed by atoms with Gasteiger partial charge in [0.1, 0.15) is 5.82 Å². The highest BCUT2D eigenvalue weighted by atomic mass is 79.9. The molecule has 0 spiro atoms. The second-order valence-corrected chi connectivity index (χ2v) is 4.98. The highest BCUT2D eigenvalue weighted by molar-refractivity contribution is 9.10. The zero-order valence-electron chi connectivity index (χ0n) is 9.24. The predicted octanol–water partition coefficient (Wildman–Crippen LogP) is 2.28. The molecule has 1 atom stereocenters. The molecule has 1 fully saturated rings. The Kier molecular flexibility index (Phi) is 4.28. The molecule has 0 amide bonds. The van der Waals surface area contributed by atoms with Gasteiger partial charge in [-0.1, -0.05) is 0 Å². The van der Waals surface area contributed by atoms with Crippen molar-refractivity contribution in [1.29, 1.82) is 0 Å². The second-order valence-electron chi connectivity index (χ2n) is 4.07. The lowest BCUT2D eigenvalue weighted by molar-refractivity contribution is 0.142. The van der Waals surface area contributed by atoms with Crippen LogP contribution in [-0.2, 0) is 0 Å². The monoisotopic (exact) mass is 305 g/mol. The van der Waals surface area contributed by atoms with Crippen LogP contribution in [0.1, 0.15) is 6.42 Å². The van der Waals surface area contributed by atoms with Gasteiger partial charge in [-0.05, 0) is 34.5 Å². The largest absolute Gasteiger partial charge is 0.355 e. The van der Waals surface area contributed by atoms with Crippen molar-refractivity contribution < 1.29 is 8.78 Å². The number of halogens is 3. The fourth-order valence-corrected chi connectivity index (χ4v) is 2.18. The van der Waals surface area contributed by atoms with Gasteiger partial charge < -0.3 is 10.2 Å². The van der Waals surface area contributed by atoms with Gasteiger partial charge in [0, 0.05) is 29.8 Å². The van der Waals surface area contributed by atoms with E-state index in [9.17, 15) is 8.78 Å². The van der Waals surface area contributed by atoms with E-state index >= 15 is 0 Å². The molecule has 1 N–H and O–H groups in total. The molecule has 0 saturated carbocycles. The molecular weight excluding hydrogens is 292 g/mol. The fraction of sp³-hybridized carbons (Fsp3) is 0.545. The summed E-state index contributed by atoms with van der Waals surface area (Å²) in [4.78, 5) is 6.40. The van der Waals surface area contributed by atoms with Crippen LogP contribution in [0.3, 0.4) is 0 Å². The van der Waals surface area contributed by atoms with Crippen LogP contribution in [0, 0.1) is 0 Å². The number of hydrogen-bond donors (Lipinski definition) is 1. The van der Waals surface area contributed by atoms with Gasteiger partial charge in [0.15, 0.2) is 0 Å². The lowest BCUT2D eigenvalue weighted by atomic mass is 10.3. The van der Waals surface area contributed by atoms with Gasteiger partial charge in [0.05, 0.1) is 6.54 Å². The Morgan fingerprint density at radius 3 is 3.00 bits per heavy atom. The maximum Gasteiger partial charge on any atom is 0.250 e. The summed E-state index contributed by atoms with van der Waals surface area (Å²) >= 11 is 3.33. The number of rotatable bonds is 4. The summed E-state index contributed by atoms with van der Waals surface area (Å²) in [6, 6.07) is 4.00. The Bertz CT molecular complexity index is 358. The number of nitrogens with one attached hydrogen (secondary N) is 1. The first-order valence-corrected chi connectivity index (χ1v) is 6.32. The van der Waals surface area contributed by atoms with Gasteiger partial charge >= 0.3 is 0 Å². The molecule has 17 heavy (non-hydrogen) atoms. The zero-order valence-corrected chi connectivity index (χ0v) is 10.8. The van der Waals surface area contributed by atoms with Crippen molar-refractivity contribution in [3.05, 3.63) is 22.8 Å². The molecule has 0 aromatic carbocycles. The van der Waals surface area contributed by atoms with E-state index in [1.807, 2.05) is 12.1 Å². The Hall–Kier alpha value is -0.750. The van der Waals surface area contributed by atoms with Crippen LogP contribution in [-0.4, -0.2) is 37.1 Å². The first-order valence-electron chi connectivity index (χ1n) is 5.53. The van der Waals surface area contributed by atoms with E-state index in [1.165, 1.54) is 0 Å². The van der Waals surface area contributed by atoms with Crippen molar-refractivity contribution in [2.24, 2.45) is 0 Å². The van der Waals surface area contributed by atoms with Crippen molar-refractivity contribution in [3.8, 4) is 0 Å². The van der Waals surface area contributed by atoms with Crippen LogP contribution in [0.2, 0.25) is 0 Å². The van der Waals surface area contributed by atoms with E-state index in [4.69, 9.17) is 0 Å². The van der Waals surface area contributed by atoms with Gasteiger partial charge in [-0.2, -0.15) is 0 Å². The second kappa shape index (κ2) is 5.73. The maximum atomic E-state index is 12.1. The first kappa shape index (κ1) is 12.7. The van der Waals surface area contributed by atoms with Gasteiger partial charge in [-0.25, -0.2) is 13.8 Å². The normalized spacial score (nSPS) is 20.2. The Morgan fingerprint density at radius 1 is 1.53 bits per heavy atom. The third-order valence-corrected chi connectivity index (χ3v) is 3.25. The molecule has 0 unspecified atom stereocenters. The van der Waals surface area contributed by atoms with Crippen molar-refractivity contribution in [2.75, 3.05) is 24.5 Å². The van der Waals surface area contributed by atoms with Gasteiger partial charge in [-0.3, -0.25) is 0 Å². The minimum atomic E-state index is -2.28. The number of anilines is 1. The van der Waals surface area contributed by atoms with Crippen molar-refractivity contribution >= 4 is 21.7 Å². The number of pyridine rings is 1. The van der Waals surface area contributed by atoms with Crippen LogP contribution in [0.15, 0.2) is 22.8 Å². The average Bonchev–Trinajstić information content (AvgIpc) is 2.76.